The van der Waals surface area contributed by atoms with Gasteiger partial charge in [0.25, 0.3) is 0 Å². The highest BCUT2D eigenvalue weighted by Crippen LogP contribution is 2.33. The van der Waals surface area contributed by atoms with Gasteiger partial charge in [-0.05, 0) is 18.2 Å². The van der Waals surface area contributed by atoms with E-state index in [9.17, 15) is 10.1 Å². The quantitative estimate of drug-likeness (QED) is 0.341. The van der Waals surface area contributed by atoms with Gasteiger partial charge >= 0.3 is 0 Å². The predicted molar refractivity (Wildman–Crippen MR) is 116 cm³/mol. The van der Waals surface area contributed by atoms with E-state index < -0.39 is 5.92 Å². The summed E-state index contributed by atoms with van der Waals surface area (Å²) in [6.45, 7) is 0. The van der Waals surface area contributed by atoms with Gasteiger partial charge in [0.1, 0.15) is 5.01 Å². The fourth-order valence-corrected chi connectivity index (χ4v) is 5.60. The van der Waals surface area contributed by atoms with Crippen LogP contribution < -0.4 is 0 Å². The molecule has 0 aliphatic carbocycles. The van der Waals surface area contributed by atoms with Crippen molar-refractivity contribution in [2.45, 2.75) is 10.3 Å². The van der Waals surface area contributed by atoms with Crippen LogP contribution >= 0.6 is 46.0 Å². The summed E-state index contributed by atoms with van der Waals surface area (Å²) in [7, 11) is 0. The minimum Gasteiger partial charge on any atom is -0.297 e. The van der Waals surface area contributed by atoms with Crippen LogP contribution in [0.1, 0.15) is 10.9 Å². The Morgan fingerprint density at radius 2 is 2.04 bits per heavy atom. The molecule has 0 saturated heterocycles. The molecule has 2 heterocycles. The monoisotopic (exact) mass is 441 g/mol. The van der Waals surface area contributed by atoms with Crippen LogP contribution in [0.3, 0.4) is 0 Å². The van der Waals surface area contributed by atoms with E-state index in [0.29, 0.717) is 10.0 Å². The number of halogens is 1. The van der Waals surface area contributed by atoms with E-state index in [2.05, 4.69) is 16.0 Å². The molecule has 2 aromatic heterocycles. The number of benzene rings is 2. The summed E-state index contributed by atoms with van der Waals surface area (Å²) in [6, 6.07) is 17.4. The van der Waals surface area contributed by atoms with E-state index in [1.807, 2.05) is 47.8 Å². The molecule has 4 aromatic rings. The van der Waals surface area contributed by atoms with Gasteiger partial charge in [-0.3, -0.25) is 4.79 Å². The van der Waals surface area contributed by atoms with E-state index in [0.717, 1.165) is 25.8 Å². The zero-order valence-corrected chi connectivity index (χ0v) is 17.5. The van der Waals surface area contributed by atoms with E-state index in [1.54, 1.807) is 6.07 Å². The Labute approximate surface area is 178 Å². The number of aromatic nitrogens is 2. The van der Waals surface area contributed by atoms with Crippen molar-refractivity contribution in [2.75, 3.05) is 5.75 Å². The number of Topliss-reactive ketones (excluding diaryl/α,β-unsaturated/α-hetero) is 1. The van der Waals surface area contributed by atoms with Crippen molar-refractivity contribution < 1.29 is 4.79 Å². The summed E-state index contributed by atoms with van der Waals surface area (Å²) in [6.07, 6.45) is 0. The van der Waals surface area contributed by atoms with E-state index in [4.69, 9.17) is 11.6 Å². The van der Waals surface area contributed by atoms with Crippen molar-refractivity contribution in [3.63, 3.8) is 0 Å². The number of nitriles is 1. The maximum Gasteiger partial charge on any atom is 0.167 e. The minimum absolute atomic E-state index is 0.168. The van der Waals surface area contributed by atoms with Crippen molar-refractivity contribution in [1.82, 2.24) is 9.97 Å². The number of carbonyl (C=O) groups is 1. The number of thioether (sulfide) groups is 1. The average Bonchev–Trinajstić information content (AvgIpc) is 3.34. The Morgan fingerprint density at radius 3 is 2.82 bits per heavy atom. The molecule has 4 rings (SSSR count). The van der Waals surface area contributed by atoms with E-state index in [1.165, 1.54) is 34.4 Å². The summed E-state index contributed by atoms with van der Waals surface area (Å²) in [5, 5.41) is 12.6. The molecule has 28 heavy (non-hydrogen) atoms. The molecule has 0 spiro atoms. The second-order valence-electron chi connectivity index (χ2n) is 5.85. The van der Waals surface area contributed by atoms with Gasteiger partial charge in [-0.25, -0.2) is 9.97 Å². The molecule has 1 atom stereocenters. The zero-order chi connectivity index (χ0) is 19.5. The van der Waals surface area contributed by atoms with E-state index in [-0.39, 0.29) is 11.5 Å². The van der Waals surface area contributed by atoms with Crippen LogP contribution in [0.15, 0.2) is 58.3 Å². The molecule has 138 valence electrons. The lowest BCUT2D eigenvalue weighted by Gasteiger charge is -2.03. The molecular formula is C20H12ClN3OS3. The Kier molecular flexibility index (Phi) is 5.74. The highest BCUT2D eigenvalue weighted by atomic mass is 35.5. The number of rotatable bonds is 6. The van der Waals surface area contributed by atoms with Crippen molar-refractivity contribution in [1.29, 1.82) is 5.26 Å². The van der Waals surface area contributed by atoms with Crippen molar-refractivity contribution in [2.24, 2.45) is 0 Å². The van der Waals surface area contributed by atoms with Gasteiger partial charge < -0.3 is 0 Å². The molecule has 0 unspecified atom stereocenters. The summed E-state index contributed by atoms with van der Waals surface area (Å²) < 4.78 is 1.80. The van der Waals surface area contributed by atoms with Crippen LogP contribution in [0.25, 0.3) is 21.5 Å². The van der Waals surface area contributed by atoms with E-state index >= 15 is 0 Å². The Morgan fingerprint density at radius 1 is 1.21 bits per heavy atom. The number of carbonyl (C=O) groups excluding carboxylic acids is 1. The number of nitrogens with zero attached hydrogens (tertiary/aromatic N) is 3. The molecule has 0 fully saturated rings. The molecule has 0 aliphatic rings. The molecule has 0 aliphatic heterocycles. The molecule has 2 aromatic carbocycles. The smallest absolute Gasteiger partial charge is 0.167 e. The highest BCUT2D eigenvalue weighted by molar-refractivity contribution is 8.01. The Bertz CT molecular complexity index is 1180. The van der Waals surface area contributed by atoms with Crippen molar-refractivity contribution in [3.8, 4) is 17.3 Å². The molecule has 0 N–H and O–H groups in total. The van der Waals surface area contributed by atoms with Gasteiger partial charge in [0.2, 0.25) is 0 Å². The molecule has 0 saturated carbocycles. The molecule has 4 nitrogen and oxygen atoms in total. The number of thiazole rings is 2. The normalized spacial score (nSPS) is 12.0. The average molecular weight is 442 g/mol. The third kappa shape index (κ3) is 4.10. The second-order valence-corrected chi connectivity index (χ2v) is 9.43. The standard InChI is InChI=1S/C20H12ClN3OS3/c21-13-6-7-18-15(8-13)24-20(28-18)27-11-17(25)14(9-22)19-23-16(10-26-19)12-4-2-1-3-5-12/h1-8,10,14H,11H2/t14-/m0/s1. The number of ketones is 1. The van der Waals surface area contributed by atoms with Gasteiger partial charge in [0.05, 0.1) is 27.7 Å². The SMILES string of the molecule is N#C[C@@H](C(=O)CSc1nc2cc(Cl)ccc2s1)c1nc(-c2ccccc2)cs1. The molecular weight excluding hydrogens is 430 g/mol. The summed E-state index contributed by atoms with van der Waals surface area (Å²) in [4.78, 5) is 21.6. The first-order chi connectivity index (χ1) is 13.6. The van der Waals surface area contributed by atoms with Crippen LogP contribution in [-0.4, -0.2) is 21.5 Å². The van der Waals surface area contributed by atoms with Gasteiger partial charge in [-0.15, -0.1) is 22.7 Å². The third-order valence-electron chi connectivity index (χ3n) is 3.96. The summed E-state index contributed by atoms with van der Waals surface area (Å²) >= 11 is 10.2. The largest absolute Gasteiger partial charge is 0.297 e. The molecule has 0 bridgehead atoms. The predicted octanol–water partition coefficient (Wildman–Crippen LogP) is 6.04. The van der Waals surface area contributed by atoms with Gasteiger partial charge in [0.15, 0.2) is 16.0 Å². The van der Waals surface area contributed by atoms with Gasteiger partial charge in [-0.2, -0.15) is 5.26 Å². The lowest BCUT2D eigenvalue weighted by molar-refractivity contribution is -0.116. The number of hydrogen-bond acceptors (Lipinski definition) is 7. The highest BCUT2D eigenvalue weighted by Gasteiger charge is 2.24. The zero-order valence-electron chi connectivity index (χ0n) is 14.3. The summed E-state index contributed by atoms with van der Waals surface area (Å²) in [5.74, 6) is -0.857. The first kappa shape index (κ1) is 19.1. The van der Waals surface area contributed by atoms with Crippen LogP contribution in [0.5, 0.6) is 0 Å². The Balaban J connectivity index is 1.47. The molecule has 0 amide bonds. The van der Waals surface area contributed by atoms with Crippen molar-refractivity contribution in [3.05, 3.63) is 63.9 Å². The first-order valence-electron chi connectivity index (χ1n) is 8.26. The van der Waals surface area contributed by atoms with Crippen LogP contribution in [0, 0.1) is 11.3 Å². The van der Waals surface area contributed by atoms with Crippen LogP contribution in [0.2, 0.25) is 5.02 Å². The van der Waals surface area contributed by atoms with Crippen LogP contribution in [-0.2, 0) is 4.79 Å². The second kappa shape index (κ2) is 8.41. The fraction of sp³-hybridized carbons (Fsp3) is 0.100. The molecule has 8 heteroatoms. The fourth-order valence-electron chi connectivity index (χ4n) is 2.58. The maximum absolute atomic E-state index is 12.6. The molecule has 0 radical (unpaired) electrons. The lowest BCUT2D eigenvalue weighted by atomic mass is 10.1. The van der Waals surface area contributed by atoms with Gasteiger partial charge in [0, 0.05) is 16.0 Å². The third-order valence-corrected chi connectivity index (χ3v) is 7.30. The minimum atomic E-state index is -0.862. The first-order valence-corrected chi connectivity index (χ1v) is 11.3. The Hall–Kier alpha value is -2.24. The maximum atomic E-state index is 12.6. The summed E-state index contributed by atoms with van der Waals surface area (Å²) in [5.41, 5.74) is 2.57. The lowest BCUT2D eigenvalue weighted by Crippen LogP contribution is -2.13. The number of fused-ring (bicyclic) bond motifs is 1. The number of hydrogen-bond donors (Lipinski definition) is 0. The van der Waals surface area contributed by atoms with Crippen LogP contribution in [0.4, 0.5) is 0 Å². The van der Waals surface area contributed by atoms with Gasteiger partial charge in [-0.1, -0.05) is 53.7 Å². The van der Waals surface area contributed by atoms with Crippen molar-refractivity contribution >= 4 is 62.0 Å². The topological polar surface area (TPSA) is 66.6 Å².